The molecule has 2 aromatic rings. The van der Waals surface area contributed by atoms with Crippen LogP contribution < -0.4 is 0 Å². The summed E-state index contributed by atoms with van der Waals surface area (Å²) < 4.78 is 58.2. The molecule has 1 amide bonds. The van der Waals surface area contributed by atoms with E-state index in [1.54, 1.807) is 13.0 Å². The standard InChI is InChI=1S/C22H20F4N2O4/c1-12-4-5-14(11-27-12)19(29)17-18(28(8-3-9-32-2)21(31)20(17)30)13-6-7-15(16(23)10-13)22(24,25)26/h4-7,10-11,18,29H,3,8-9H2,1-2H3/b19-17+. The van der Waals surface area contributed by atoms with Crippen LogP contribution in [-0.4, -0.2) is 46.9 Å². The van der Waals surface area contributed by atoms with Crippen LogP contribution in [-0.2, 0) is 20.5 Å². The number of rotatable bonds is 6. The minimum absolute atomic E-state index is 0.00858. The summed E-state index contributed by atoms with van der Waals surface area (Å²) in [5.41, 5.74) is -1.11. The lowest BCUT2D eigenvalue weighted by molar-refractivity contribution is -0.140. The summed E-state index contributed by atoms with van der Waals surface area (Å²) in [6.07, 6.45) is -3.29. The number of aliphatic hydroxyl groups is 1. The molecule has 2 heterocycles. The summed E-state index contributed by atoms with van der Waals surface area (Å²) in [6, 6.07) is 3.96. The minimum atomic E-state index is -4.91. The highest BCUT2D eigenvalue weighted by molar-refractivity contribution is 6.46. The first-order valence-electron chi connectivity index (χ1n) is 9.63. The number of nitrogens with zero attached hydrogens (tertiary/aromatic N) is 2. The van der Waals surface area contributed by atoms with E-state index in [1.807, 2.05) is 0 Å². The fourth-order valence-corrected chi connectivity index (χ4v) is 3.53. The van der Waals surface area contributed by atoms with E-state index in [0.29, 0.717) is 24.2 Å². The van der Waals surface area contributed by atoms with Gasteiger partial charge in [-0.2, -0.15) is 13.2 Å². The fourth-order valence-electron chi connectivity index (χ4n) is 3.53. The van der Waals surface area contributed by atoms with Crippen molar-refractivity contribution in [1.29, 1.82) is 0 Å². The molecule has 1 unspecified atom stereocenters. The second kappa shape index (κ2) is 9.07. The Morgan fingerprint density at radius 3 is 2.50 bits per heavy atom. The summed E-state index contributed by atoms with van der Waals surface area (Å²) in [7, 11) is 1.45. The van der Waals surface area contributed by atoms with Crippen LogP contribution in [0, 0.1) is 12.7 Å². The molecule has 1 aliphatic heterocycles. The van der Waals surface area contributed by atoms with Crippen LogP contribution in [0.4, 0.5) is 17.6 Å². The summed E-state index contributed by atoms with van der Waals surface area (Å²) in [4.78, 5) is 30.6. The third-order valence-electron chi connectivity index (χ3n) is 5.09. The second-order valence-electron chi connectivity index (χ2n) is 7.26. The van der Waals surface area contributed by atoms with Gasteiger partial charge in [0.2, 0.25) is 0 Å². The molecule has 0 aliphatic carbocycles. The number of likely N-dealkylation sites (tertiary alicyclic amines) is 1. The topological polar surface area (TPSA) is 79.7 Å². The van der Waals surface area contributed by atoms with Crippen LogP contribution in [0.3, 0.4) is 0 Å². The number of methoxy groups -OCH3 is 1. The number of halogens is 4. The lowest BCUT2D eigenvalue weighted by atomic mass is 9.94. The van der Waals surface area contributed by atoms with E-state index in [9.17, 15) is 32.3 Å². The molecule has 32 heavy (non-hydrogen) atoms. The number of Topliss-reactive ketones (excluding diaryl/α,β-unsaturated/α-hetero) is 1. The van der Waals surface area contributed by atoms with Crippen molar-refractivity contribution in [3.63, 3.8) is 0 Å². The Kier molecular flexibility index (Phi) is 6.63. The van der Waals surface area contributed by atoms with E-state index in [-0.39, 0.29) is 29.9 Å². The highest BCUT2D eigenvalue weighted by Crippen LogP contribution is 2.41. The number of hydrogen-bond donors (Lipinski definition) is 1. The van der Waals surface area contributed by atoms with Crippen molar-refractivity contribution >= 4 is 17.4 Å². The number of carbonyl (C=O) groups excluding carboxylic acids is 2. The number of hydrogen-bond acceptors (Lipinski definition) is 5. The van der Waals surface area contributed by atoms with Crippen molar-refractivity contribution < 1.29 is 37.0 Å². The van der Waals surface area contributed by atoms with E-state index in [1.165, 1.54) is 19.4 Å². The zero-order chi connectivity index (χ0) is 23.6. The fraction of sp³-hybridized carbons (Fsp3) is 0.318. The summed E-state index contributed by atoms with van der Waals surface area (Å²) in [5, 5.41) is 10.8. The number of ether oxygens (including phenoxy) is 1. The van der Waals surface area contributed by atoms with Crippen LogP contribution in [0.1, 0.15) is 34.8 Å². The lowest BCUT2D eigenvalue weighted by Gasteiger charge is -2.25. The van der Waals surface area contributed by atoms with Crippen molar-refractivity contribution in [3.05, 3.63) is 70.3 Å². The monoisotopic (exact) mass is 452 g/mol. The summed E-state index contributed by atoms with van der Waals surface area (Å²) >= 11 is 0. The maximum absolute atomic E-state index is 14.3. The van der Waals surface area contributed by atoms with Crippen molar-refractivity contribution in [2.45, 2.75) is 25.6 Å². The predicted octanol–water partition coefficient (Wildman–Crippen LogP) is 4.01. The average molecular weight is 452 g/mol. The van der Waals surface area contributed by atoms with Crippen LogP contribution >= 0.6 is 0 Å². The van der Waals surface area contributed by atoms with Gasteiger partial charge in [0.15, 0.2) is 0 Å². The molecule has 0 bridgehead atoms. The maximum atomic E-state index is 14.3. The Morgan fingerprint density at radius 1 is 1.22 bits per heavy atom. The molecule has 1 aliphatic rings. The number of pyridine rings is 1. The molecule has 0 spiro atoms. The van der Waals surface area contributed by atoms with Gasteiger partial charge in [-0.1, -0.05) is 6.07 Å². The number of benzene rings is 1. The molecule has 10 heteroatoms. The largest absolute Gasteiger partial charge is 0.507 e. The molecule has 1 fully saturated rings. The SMILES string of the molecule is COCCCN1C(=O)C(=O)/C(=C(/O)c2ccc(C)nc2)C1c1ccc(C(F)(F)F)c(F)c1. The molecule has 1 aromatic heterocycles. The van der Waals surface area contributed by atoms with Crippen molar-refractivity contribution in [2.75, 3.05) is 20.3 Å². The van der Waals surface area contributed by atoms with E-state index in [0.717, 1.165) is 11.0 Å². The number of carbonyl (C=O) groups is 2. The number of alkyl halides is 3. The zero-order valence-corrected chi connectivity index (χ0v) is 17.2. The zero-order valence-electron chi connectivity index (χ0n) is 17.2. The molecule has 6 nitrogen and oxygen atoms in total. The third kappa shape index (κ3) is 4.50. The van der Waals surface area contributed by atoms with Crippen molar-refractivity contribution in [2.24, 2.45) is 0 Å². The number of aliphatic hydroxyl groups excluding tert-OH is 1. The smallest absolute Gasteiger partial charge is 0.419 e. The molecule has 3 rings (SSSR count). The molecule has 0 saturated carbocycles. The lowest BCUT2D eigenvalue weighted by Crippen LogP contribution is -2.31. The van der Waals surface area contributed by atoms with Gasteiger partial charge < -0.3 is 14.7 Å². The molecule has 1 saturated heterocycles. The van der Waals surface area contributed by atoms with Gasteiger partial charge in [0.25, 0.3) is 11.7 Å². The highest BCUT2D eigenvalue weighted by atomic mass is 19.4. The molecular formula is C22H20F4N2O4. The van der Waals surface area contributed by atoms with Gasteiger partial charge in [0.1, 0.15) is 11.6 Å². The van der Waals surface area contributed by atoms with E-state index >= 15 is 0 Å². The van der Waals surface area contributed by atoms with Gasteiger partial charge in [0.05, 0.1) is 17.2 Å². The minimum Gasteiger partial charge on any atom is -0.507 e. The van der Waals surface area contributed by atoms with E-state index in [2.05, 4.69) is 4.98 Å². The first-order chi connectivity index (χ1) is 15.1. The second-order valence-corrected chi connectivity index (χ2v) is 7.26. The Bertz CT molecular complexity index is 1060. The van der Waals surface area contributed by atoms with Crippen molar-refractivity contribution in [1.82, 2.24) is 9.88 Å². The maximum Gasteiger partial charge on any atom is 0.419 e. The van der Waals surface area contributed by atoms with Crippen LogP contribution in [0.25, 0.3) is 5.76 Å². The van der Waals surface area contributed by atoms with E-state index < -0.39 is 41.0 Å². The highest BCUT2D eigenvalue weighted by Gasteiger charge is 2.46. The Labute approximate surface area is 181 Å². The first-order valence-corrected chi connectivity index (χ1v) is 9.63. The van der Waals surface area contributed by atoms with Gasteiger partial charge in [-0.25, -0.2) is 4.39 Å². The Balaban J connectivity index is 2.15. The number of aromatic nitrogens is 1. The van der Waals surface area contributed by atoms with Gasteiger partial charge in [0, 0.05) is 37.7 Å². The normalized spacial score (nSPS) is 18.4. The number of ketones is 1. The average Bonchev–Trinajstić information content (AvgIpc) is 2.98. The number of amides is 1. The molecule has 170 valence electrons. The van der Waals surface area contributed by atoms with Crippen LogP contribution in [0.5, 0.6) is 0 Å². The van der Waals surface area contributed by atoms with Gasteiger partial charge in [-0.3, -0.25) is 14.6 Å². The summed E-state index contributed by atoms with van der Waals surface area (Å²) in [6.45, 7) is 1.97. The predicted molar refractivity (Wildman–Crippen MR) is 106 cm³/mol. The van der Waals surface area contributed by atoms with Gasteiger partial charge >= 0.3 is 6.18 Å². The molecule has 1 aromatic carbocycles. The Morgan fingerprint density at radius 2 is 1.94 bits per heavy atom. The van der Waals surface area contributed by atoms with Gasteiger partial charge in [-0.15, -0.1) is 0 Å². The molecule has 1 N–H and O–H groups in total. The van der Waals surface area contributed by atoms with Crippen molar-refractivity contribution in [3.8, 4) is 0 Å². The van der Waals surface area contributed by atoms with E-state index in [4.69, 9.17) is 4.74 Å². The van der Waals surface area contributed by atoms with Crippen LogP contribution in [0.15, 0.2) is 42.1 Å². The summed E-state index contributed by atoms with van der Waals surface area (Å²) in [5.74, 6) is -4.07. The third-order valence-corrected chi connectivity index (χ3v) is 5.09. The quantitative estimate of drug-likeness (QED) is 0.236. The molecule has 1 atom stereocenters. The van der Waals surface area contributed by atoms with Gasteiger partial charge in [-0.05, 0) is 43.2 Å². The number of aryl methyl sites for hydroxylation is 1. The Hall–Kier alpha value is -3.27. The van der Waals surface area contributed by atoms with Crippen LogP contribution in [0.2, 0.25) is 0 Å². The molecule has 0 radical (unpaired) electrons. The molecular weight excluding hydrogens is 432 g/mol. The first kappa shape index (κ1) is 23.4.